The zero-order valence-corrected chi connectivity index (χ0v) is 14.1. The van der Waals surface area contributed by atoms with Crippen LogP contribution in [-0.4, -0.2) is 44.2 Å². The first-order chi connectivity index (χ1) is 12.3. The van der Waals surface area contributed by atoms with Crippen molar-refractivity contribution in [1.82, 2.24) is 24.5 Å². The van der Waals surface area contributed by atoms with Crippen molar-refractivity contribution in [2.75, 3.05) is 25.4 Å². The number of anilines is 1. The molecule has 0 unspecified atom stereocenters. The maximum atomic E-state index is 6.45. The van der Waals surface area contributed by atoms with Crippen LogP contribution in [0.15, 0.2) is 35.4 Å². The molecule has 8 nitrogen and oxygen atoms in total. The van der Waals surface area contributed by atoms with Gasteiger partial charge in [-0.1, -0.05) is 18.2 Å². The second-order valence-electron chi connectivity index (χ2n) is 5.90. The predicted molar refractivity (Wildman–Crippen MR) is 95.2 cm³/mol. The molecular formula is C17H21N7O. The average Bonchev–Trinajstić information content (AvgIpc) is 3.26. The van der Waals surface area contributed by atoms with Gasteiger partial charge in [-0.15, -0.1) is 5.10 Å². The van der Waals surface area contributed by atoms with E-state index in [-0.39, 0.29) is 0 Å². The first kappa shape index (κ1) is 15.5. The van der Waals surface area contributed by atoms with Gasteiger partial charge in [-0.2, -0.15) is 9.97 Å². The van der Waals surface area contributed by atoms with Gasteiger partial charge in [0.2, 0.25) is 0 Å². The summed E-state index contributed by atoms with van der Waals surface area (Å²) in [5.74, 6) is 0.507. The molecule has 3 heterocycles. The fourth-order valence-electron chi connectivity index (χ4n) is 3.00. The molecule has 25 heavy (non-hydrogen) atoms. The molecule has 1 fully saturated rings. The predicted octanol–water partition coefficient (Wildman–Crippen LogP) is 1.64. The van der Waals surface area contributed by atoms with Crippen LogP contribution in [0.3, 0.4) is 0 Å². The summed E-state index contributed by atoms with van der Waals surface area (Å²) < 4.78 is 7.29. The normalized spacial score (nSPS) is 15.2. The fraction of sp³-hybridized carbons (Fsp3) is 0.353. The van der Waals surface area contributed by atoms with E-state index in [1.807, 2.05) is 46.8 Å². The summed E-state index contributed by atoms with van der Waals surface area (Å²) in [5.41, 5.74) is 9.03. The Kier molecular flexibility index (Phi) is 4.01. The van der Waals surface area contributed by atoms with Crippen LogP contribution in [0.4, 0.5) is 5.82 Å². The van der Waals surface area contributed by atoms with Gasteiger partial charge in [-0.3, -0.25) is 9.58 Å². The summed E-state index contributed by atoms with van der Waals surface area (Å²) in [4.78, 5) is 12.1. The number of hydrogen-bond acceptors (Lipinski definition) is 6. The summed E-state index contributed by atoms with van der Waals surface area (Å²) in [6.45, 7) is 4.28. The van der Waals surface area contributed by atoms with Gasteiger partial charge < -0.3 is 15.5 Å². The zero-order valence-electron chi connectivity index (χ0n) is 14.1. The lowest BCUT2D eigenvalue weighted by atomic mass is 10.3. The average molecular weight is 339 g/mol. The smallest absolute Gasteiger partial charge is 0.296 e. The Hall–Kier alpha value is -3.03. The van der Waals surface area contributed by atoms with Crippen molar-refractivity contribution in [3.8, 4) is 11.7 Å². The SMILES string of the molecule is CCOc1nc2nc(=NN3CCCC3)n(-c3ccccc3)c(N)c2[nH]1. The summed E-state index contributed by atoms with van der Waals surface area (Å²) in [6, 6.07) is 10.3. The molecule has 1 aromatic carbocycles. The maximum Gasteiger partial charge on any atom is 0.296 e. The number of benzene rings is 1. The number of aromatic nitrogens is 4. The third kappa shape index (κ3) is 2.90. The van der Waals surface area contributed by atoms with Gasteiger partial charge >= 0.3 is 0 Å². The number of hydrogen-bond donors (Lipinski definition) is 2. The molecule has 0 atom stereocenters. The van der Waals surface area contributed by atoms with E-state index in [1.54, 1.807) is 0 Å². The second-order valence-corrected chi connectivity index (χ2v) is 5.90. The van der Waals surface area contributed by atoms with E-state index < -0.39 is 0 Å². The van der Waals surface area contributed by atoms with Gasteiger partial charge in [0.05, 0.1) is 12.3 Å². The molecular weight excluding hydrogens is 318 g/mol. The monoisotopic (exact) mass is 339 g/mol. The van der Waals surface area contributed by atoms with Crippen molar-refractivity contribution in [2.24, 2.45) is 5.10 Å². The molecule has 0 bridgehead atoms. The van der Waals surface area contributed by atoms with Crippen molar-refractivity contribution in [3.63, 3.8) is 0 Å². The number of H-pyrrole nitrogens is 1. The largest absolute Gasteiger partial charge is 0.465 e. The Bertz CT molecular complexity index is 939. The topological polar surface area (TPSA) is 97.3 Å². The highest BCUT2D eigenvalue weighted by atomic mass is 16.5. The Morgan fingerprint density at radius 3 is 2.68 bits per heavy atom. The number of fused-ring (bicyclic) bond motifs is 1. The lowest BCUT2D eigenvalue weighted by Crippen LogP contribution is -2.29. The third-order valence-corrected chi connectivity index (χ3v) is 4.17. The summed E-state index contributed by atoms with van der Waals surface area (Å²) >= 11 is 0. The molecule has 0 aliphatic carbocycles. The molecule has 3 aromatic rings. The minimum absolute atomic E-state index is 0.412. The van der Waals surface area contributed by atoms with E-state index in [2.05, 4.69) is 15.0 Å². The van der Waals surface area contributed by atoms with Gasteiger partial charge in [0, 0.05) is 13.1 Å². The quantitative estimate of drug-likeness (QED) is 0.753. The van der Waals surface area contributed by atoms with Crippen LogP contribution in [0, 0.1) is 0 Å². The number of rotatable bonds is 4. The van der Waals surface area contributed by atoms with Crippen LogP contribution in [-0.2, 0) is 0 Å². The van der Waals surface area contributed by atoms with E-state index in [0.717, 1.165) is 31.6 Å². The highest BCUT2D eigenvalue weighted by Crippen LogP contribution is 2.21. The first-order valence-corrected chi connectivity index (χ1v) is 8.52. The van der Waals surface area contributed by atoms with Crippen molar-refractivity contribution in [3.05, 3.63) is 36.0 Å². The third-order valence-electron chi connectivity index (χ3n) is 4.17. The fourth-order valence-corrected chi connectivity index (χ4v) is 3.00. The molecule has 1 aliphatic rings. The number of nitrogens with two attached hydrogens (primary N) is 1. The Morgan fingerprint density at radius 2 is 1.96 bits per heavy atom. The van der Waals surface area contributed by atoms with Gasteiger partial charge in [-0.05, 0) is 31.9 Å². The van der Waals surface area contributed by atoms with E-state index in [4.69, 9.17) is 15.6 Å². The summed E-state index contributed by atoms with van der Waals surface area (Å²) in [7, 11) is 0. The highest BCUT2D eigenvalue weighted by Gasteiger charge is 2.16. The van der Waals surface area contributed by atoms with E-state index in [1.165, 1.54) is 0 Å². The van der Waals surface area contributed by atoms with Crippen molar-refractivity contribution < 1.29 is 4.74 Å². The van der Waals surface area contributed by atoms with Crippen LogP contribution in [0.5, 0.6) is 6.01 Å². The standard InChI is InChI=1S/C17H21N7O/c1-2-25-17-19-13-14(18)24(12-8-4-3-5-9-12)16(20-15(13)21-17)22-23-10-6-7-11-23/h3-5,8-9H,2,6-7,10-11,18H2,1H3,(H,19,20,21,22). The summed E-state index contributed by atoms with van der Waals surface area (Å²) in [6.07, 6.45) is 2.28. The van der Waals surface area contributed by atoms with Crippen LogP contribution in [0.1, 0.15) is 19.8 Å². The number of imidazole rings is 1. The molecule has 8 heteroatoms. The minimum Gasteiger partial charge on any atom is -0.465 e. The highest BCUT2D eigenvalue weighted by molar-refractivity contribution is 5.83. The minimum atomic E-state index is 0.412. The van der Waals surface area contributed by atoms with E-state index in [9.17, 15) is 0 Å². The van der Waals surface area contributed by atoms with Gasteiger partial charge in [-0.25, -0.2) is 0 Å². The van der Waals surface area contributed by atoms with Crippen LogP contribution in [0.25, 0.3) is 16.9 Å². The van der Waals surface area contributed by atoms with E-state index >= 15 is 0 Å². The molecule has 0 radical (unpaired) electrons. The van der Waals surface area contributed by atoms with Gasteiger partial charge in [0.25, 0.3) is 11.6 Å². The lowest BCUT2D eigenvalue weighted by molar-refractivity contribution is 0.317. The first-order valence-electron chi connectivity index (χ1n) is 8.52. The van der Waals surface area contributed by atoms with Crippen molar-refractivity contribution >= 4 is 17.0 Å². The number of ether oxygens (including phenoxy) is 1. The van der Waals surface area contributed by atoms with Gasteiger partial charge in [0.1, 0.15) is 11.3 Å². The number of nitrogen functional groups attached to an aromatic ring is 1. The van der Waals surface area contributed by atoms with Crippen molar-refractivity contribution in [2.45, 2.75) is 19.8 Å². The molecule has 0 saturated carbocycles. The second kappa shape index (κ2) is 6.46. The molecule has 1 saturated heterocycles. The van der Waals surface area contributed by atoms with Crippen LogP contribution >= 0.6 is 0 Å². The molecule has 4 rings (SSSR count). The maximum absolute atomic E-state index is 6.45. The number of para-hydroxylation sites is 1. The van der Waals surface area contributed by atoms with Gasteiger partial charge in [0.15, 0.2) is 5.65 Å². The molecule has 2 aromatic heterocycles. The number of aromatic amines is 1. The van der Waals surface area contributed by atoms with E-state index in [0.29, 0.717) is 35.2 Å². The number of nitrogens with zero attached hydrogens (tertiary/aromatic N) is 5. The Morgan fingerprint density at radius 1 is 1.20 bits per heavy atom. The van der Waals surface area contributed by atoms with Crippen molar-refractivity contribution in [1.29, 1.82) is 0 Å². The van der Waals surface area contributed by atoms with Crippen LogP contribution in [0.2, 0.25) is 0 Å². The Labute approximate surface area is 145 Å². The summed E-state index contributed by atoms with van der Waals surface area (Å²) in [5, 5.41) is 6.74. The molecule has 3 N–H and O–H groups in total. The molecule has 0 amide bonds. The lowest BCUT2D eigenvalue weighted by Gasteiger charge is -2.14. The molecule has 130 valence electrons. The zero-order chi connectivity index (χ0) is 17.2. The molecule has 0 spiro atoms. The van der Waals surface area contributed by atoms with Crippen LogP contribution < -0.4 is 16.1 Å². The number of nitrogens with one attached hydrogen (secondary N) is 1. The molecule has 1 aliphatic heterocycles. The Balaban J connectivity index is 1.96.